The number of amides is 1. The van der Waals surface area contributed by atoms with Gasteiger partial charge < -0.3 is 9.88 Å². The van der Waals surface area contributed by atoms with Crippen LogP contribution in [0, 0.1) is 5.92 Å². The minimum atomic E-state index is -0.0218. The van der Waals surface area contributed by atoms with Gasteiger partial charge in [-0.25, -0.2) is 9.48 Å². The van der Waals surface area contributed by atoms with Crippen LogP contribution in [0.2, 0.25) is 0 Å². The number of hydrogen-bond donors (Lipinski definition) is 1. The average molecular weight is 396 g/mol. The zero-order chi connectivity index (χ0) is 20.4. The summed E-state index contributed by atoms with van der Waals surface area (Å²) in [7, 11) is 0. The Bertz CT molecular complexity index is 1060. The Morgan fingerprint density at radius 3 is 2.90 bits per heavy atom. The molecule has 0 aliphatic carbocycles. The van der Waals surface area contributed by atoms with Gasteiger partial charge in [-0.15, -0.1) is 0 Å². The maximum absolute atomic E-state index is 12.6. The molecule has 0 spiro atoms. The smallest absolute Gasteiger partial charge is 0.345 e. The van der Waals surface area contributed by atoms with Gasteiger partial charge in [0.2, 0.25) is 5.91 Å². The summed E-state index contributed by atoms with van der Waals surface area (Å²) in [6.45, 7) is 5.87. The highest BCUT2D eigenvalue weighted by atomic mass is 16.2. The number of carbonyl (C=O) groups excluding carboxylic acids is 1. The summed E-state index contributed by atoms with van der Waals surface area (Å²) in [5, 5.41) is 8.83. The van der Waals surface area contributed by atoms with Crippen molar-refractivity contribution in [3.8, 4) is 0 Å². The summed E-state index contributed by atoms with van der Waals surface area (Å²) in [5.74, 6) is 1.39. The molecule has 4 rings (SSSR count). The van der Waals surface area contributed by atoms with Gasteiger partial charge in [-0.3, -0.25) is 9.36 Å². The van der Waals surface area contributed by atoms with Gasteiger partial charge >= 0.3 is 5.69 Å². The van der Waals surface area contributed by atoms with Gasteiger partial charge in [-0.1, -0.05) is 32.0 Å². The Kier molecular flexibility index (Phi) is 5.56. The molecule has 1 aliphatic heterocycles. The van der Waals surface area contributed by atoms with Gasteiger partial charge in [0, 0.05) is 37.3 Å². The van der Waals surface area contributed by atoms with Crippen molar-refractivity contribution >= 4 is 16.8 Å². The lowest BCUT2D eigenvalue weighted by atomic mass is 10.1. The SMILES string of the molecule is CC(C)CCn1nc2n(c1=O)CCC(NC(=O)Cn1ccc3ccccc31)CC2. The highest BCUT2D eigenvalue weighted by Crippen LogP contribution is 2.16. The molecular formula is C22H29N5O2. The number of rotatable bonds is 6. The third kappa shape index (κ3) is 4.28. The molecule has 2 aromatic heterocycles. The molecule has 0 radical (unpaired) electrons. The van der Waals surface area contributed by atoms with Crippen molar-refractivity contribution in [2.75, 3.05) is 0 Å². The number of hydrogen-bond acceptors (Lipinski definition) is 3. The first-order valence-corrected chi connectivity index (χ1v) is 10.5. The fourth-order valence-electron chi connectivity index (χ4n) is 4.01. The summed E-state index contributed by atoms with van der Waals surface area (Å²) in [6.07, 6.45) is 5.16. The minimum absolute atomic E-state index is 0.00485. The maximum atomic E-state index is 12.6. The van der Waals surface area contributed by atoms with E-state index in [0.717, 1.165) is 36.0 Å². The van der Waals surface area contributed by atoms with E-state index in [0.29, 0.717) is 32.0 Å². The Balaban J connectivity index is 1.36. The third-order valence-electron chi connectivity index (χ3n) is 5.69. The molecule has 1 N–H and O–H groups in total. The van der Waals surface area contributed by atoms with Crippen molar-refractivity contribution in [2.45, 2.75) is 65.2 Å². The predicted molar refractivity (Wildman–Crippen MR) is 113 cm³/mol. The van der Waals surface area contributed by atoms with Gasteiger partial charge in [0.1, 0.15) is 12.4 Å². The first-order chi connectivity index (χ1) is 14.0. The van der Waals surface area contributed by atoms with Crippen LogP contribution in [0.1, 0.15) is 38.9 Å². The van der Waals surface area contributed by atoms with E-state index in [4.69, 9.17) is 0 Å². The first kappa shape index (κ1) is 19.5. The van der Waals surface area contributed by atoms with E-state index < -0.39 is 0 Å². The second-order valence-corrected chi connectivity index (χ2v) is 8.35. The van der Waals surface area contributed by atoms with E-state index in [2.05, 4.69) is 24.3 Å². The molecule has 0 bridgehead atoms. The van der Waals surface area contributed by atoms with E-state index >= 15 is 0 Å². The van der Waals surface area contributed by atoms with Crippen LogP contribution in [0.25, 0.3) is 10.9 Å². The van der Waals surface area contributed by atoms with Crippen molar-refractivity contribution in [2.24, 2.45) is 5.92 Å². The Morgan fingerprint density at radius 2 is 2.07 bits per heavy atom. The monoisotopic (exact) mass is 395 g/mol. The van der Waals surface area contributed by atoms with Crippen LogP contribution in [-0.4, -0.2) is 30.9 Å². The first-order valence-electron chi connectivity index (χ1n) is 10.5. The molecule has 3 heterocycles. The largest absolute Gasteiger partial charge is 0.352 e. The lowest BCUT2D eigenvalue weighted by Crippen LogP contribution is -2.37. The molecule has 0 saturated heterocycles. The molecular weight excluding hydrogens is 366 g/mol. The van der Waals surface area contributed by atoms with Gasteiger partial charge in [-0.2, -0.15) is 5.10 Å². The lowest BCUT2D eigenvalue weighted by Gasteiger charge is -2.16. The average Bonchev–Trinajstić information content (AvgIpc) is 3.16. The molecule has 7 nitrogen and oxygen atoms in total. The molecule has 7 heteroatoms. The second-order valence-electron chi connectivity index (χ2n) is 8.35. The summed E-state index contributed by atoms with van der Waals surface area (Å²) >= 11 is 0. The van der Waals surface area contributed by atoms with Gasteiger partial charge in [0.25, 0.3) is 0 Å². The third-order valence-corrected chi connectivity index (χ3v) is 5.69. The van der Waals surface area contributed by atoms with Crippen LogP contribution >= 0.6 is 0 Å². The highest BCUT2D eigenvalue weighted by Gasteiger charge is 2.22. The minimum Gasteiger partial charge on any atom is -0.352 e. The van der Waals surface area contributed by atoms with Crippen LogP contribution < -0.4 is 11.0 Å². The van der Waals surface area contributed by atoms with Gasteiger partial charge in [0.05, 0.1) is 0 Å². The number of benzene rings is 1. The molecule has 3 aromatic rings. The molecule has 1 aliphatic rings. The quantitative estimate of drug-likeness (QED) is 0.697. The zero-order valence-electron chi connectivity index (χ0n) is 17.2. The lowest BCUT2D eigenvalue weighted by molar-refractivity contribution is -0.122. The van der Waals surface area contributed by atoms with E-state index in [1.54, 1.807) is 9.25 Å². The van der Waals surface area contributed by atoms with E-state index in [1.165, 1.54) is 0 Å². The number of nitrogens with zero attached hydrogens (tertiary/aromatic N) is 4. The van der Waals surface area contributed by atoms with Crippen molar-refractivity contribution in [1.29, 1.82) is 0 Å². The number of carbonyl (C=O) groups is 1. The van der Waals surface area contributed by atoms with Crippen molar-refractivity contribution in [3.63, 3.8) is 0 Å². The van der Waals surface area contributed by atoms with Crippen molar-refractivity contribution in [3.05, 3.63) is 52.8 Å². The Morgan fingerprint density at radius 1 is 1.24 bits per heavy atom. The molecule has 1 aromatic carbocycles. The Hall–Kier alpha value is -2.83. The molecule has 154 valence electrons. The maximum Gasteiger partial charge on any atom is 0.345 e. The normalized spacial score (nSPS) is 16.7. The summed E-state index contributed by atoms with van der Waals surface area (Å²) in [6, 6.07) is 10.1. The van der Waals surface area contributed by atoms with Crippen LogP contribution in [0.5, 0.6) is 0 Å². The molecule has 29 heavy (non-hydrogen) atoms. The van der Waals surface area contributed by atoms with Crippen molar-refractivity contribution in [1.82, 2.24) is 24.2 Å². The predicted octanol–water partition coefficient (Wildman–Crippen LogP) is 2.57. The van der Waals surface area contributed by atoms with Crippen LogP contribution in [0.15, 0.2) is 41.3 Å². The molecule has 1 atom stereocenters. The van der Waals surface area contributed by atoms with Crippen LogP contribution in [0.3, 0.4) is 0 Å². The Labute approximate surface area is 170 Å². The molecule has 1 unspecified atom stereocenters. The molecule has 0 fully saturated rings. The van der Waals surface area contributed by atoms with E-state index in [9.17, 15) is 9.59 Å². The number of para-hydroxylation sites is 1. The number of nitrogens with one attached hydrogen (secondary N) is 1. The zero-order valence-corrected chi connectivity index (χ0v) is 17.2. The van der Waals surface area contributed by atoms with Crippen LogP contribution in [-0.2, 0) is 30.8 Å². The van der Waals surface area contributed by atoms with E-state index in [-0.39, 0.29) is 17.6 Å². The van der Waals surface area contributed by atoms with Crippen molar-refractivity contribution < 1.29 is 4.79 Å². The molecule has 0 saturated carbocycles. The topological polar surface area (TPSA) is 73.8 Å². The van der Waals surface area contributed by atoms with Gasteiger partial charge in [0.15, 0.2) is 0 Å². The fraction of sp³-hybridized carbons (Fsp3) is 0.500. The number of aryl methyl sites for hydroxylation is 2. The number of fused-ring (bicyclic) bond motifs is 2. The molecule has 1 amide bonds. The summed E-state index contributed by atoms with van der Waals surface area (Å²) in [5.41, 5.74) is 1.04. The number of aromatic nitrogens is 4. The second kappa shape index (κ2) is 8.27. The standard InChI is InChI=1S/C22H29N5O2/c1-16(2)9-14-27-22(29)26-13-11-18(7-8-20(26)24-27)23-21(28)15-25-12-10-17-5-3-4-6-19(17)25/h3-6,10,12,16,18H,7-9,11,13-15H2,1-2H3,(H,23,28). The fourth-order valence-corrected chi connectivity index (χ4v) is 4.01. The van der Waals surface area contributed by atoms with Crippen LogP contribution in [0.4, 0.5) is 0 Å². The van der Waals surface area contributed by atoms with E-state index in [1.807, 2.05) is 41.1 Å². The summed E-state index contributed by atoms with van der Waals surface area (Å²) in [4.78, 5) is 25.2. The van der Waals surface area contributed by atoms with Gasteiger partial charge in [-0.05, 0) is 42.7 Å². The highest BCUT2D eigenvalue weighted by molar-refractivity contribution is 5.83. The summed E-state index contributed by atoms with van der Waals surface area (Å²) < 4.78 is 5.36.